The number of amides is 2. The molecule has 5 N–H and O–H groups in total. The lowest BCUT2D eigenvalue weighted by atomic mass is 10.2. The zero-order valence-corrected chi connectivity index (χ0v) is 12.1. The van der Waals surface area contributed by atoms with Gasteiger partial charge in [0.15, 0.2) is 0 Å². The summed E-state index contributed by atoms with van der Waals surface area (Å²) >= 11 is 0. The second kappa shape index (κ2) is 6.90. The largest absolute Gasteiger partial charge is 0.452 e. The molecule has 0 aliphatic rings. The average Bonchev–Trinajstić information content (AvgIpc) is 2.39. The van der Waals surface area contributed by atoms with Crippen molar-refractivity contribution in [3.63, 3.8) is 0 Å². The summed E-state index contributed by atoms with van der Waals surface area (Å²) in [6, 6.07) is 6.52. The van der Waals surface area contributed by atoms with Gasteiger partial charge in [0.1, 0.15) is 0 Å². The summed E-state index contributed by atoms with van der Waals surface area (Å²) in [5.41, 5.74) is 11.6. The van der Waals surface area contributed by atoms with Crippen molar-refractivity contribution in [3.05, 3.63) is 29.8 Å². The van der Waals surface area contributed by atoms with Crippen LogP contribution in [0.25, 0.3) is 0 Å². The van der Waals surface area contributed by atoms with Gasteiger partial charge in [0.2, 0.25) is 5.91 Å². The monoisotopic (exact) mass is 316 g/mol. The average molecular weight is 316 g/mol. The van der Waals surface area contributed by atoms with E-state index in [2.05, 4.69) is 4.74 Å². The second-order valence-electron chi connectivity index (χ2n) is 4.03. The molecular formula is C11H16N4O5S. The zero-order chi connectivity index (χ0) is 16.0. The highest BCUT2D eigenvalue weighted by molar-refractivity contribution is 7.87. The lowest BCUT2D eigenvalue weighted by Gasteiger charge is -2.21. The van der Waals surface area contributed by atoms with Crippen LogP contribution in [0.5, 0.6) is 0 Å². The fourth-order valence-electron chi connectivity index (χ4n) is 1.48. The first-order chi connectivity index (χ1) is 9.76. The molecule has 116 valence electrons. The molecular weight excluding hydrogens is 300 g/mol. The quantitative estimate of drug-likeness (QED) is 0.583. The molecule has 10 heteroatoms. The molecule has 0 saturated heterocycles. The molecule has 0 atom stereocenters. The third-order valence-corrected chi connectivity index (χ3v) is 3.83. The van der Waals surface area contributed by atoms with Crippen LogP contribution < -0.4 is 16.2 Å². The number of nitrogens with one attached hydrogen (secondary N) is 1. The Hall–Kier alpha value is -2.33. The Balaban J connectivity index is 3.03. The SMILES string of the molecule is COC(=O)NS(=O)(=O)N(CC(N)=O)Cc1ccccc1N. The van der Waals surface area contributed by atoms with Crippen LogP contribution in [0, 0.1) is 0 Å². The van der Waals surface area contributed by atoms with Gasteiger partial charge < -0.3 is 16.2 Å². The van der Waals surface area contributed by atoms with Gasteiger partial charge in [0.25, 0.3) is 0 Å². The highest BCUT2D eigenvalue weighted by Gasteiger charge is 2.26. The second-order valence-corrected chi connectivity index (χ2v) is 5.70. The van der Waals surface area contributed by atoms with E-state index >= 15 is 0 Å². The number of benzene rings is 1. The van der Waals surface area contributed by atoms with E-state index in [1.54, 1.807) is 29.0 Å². The van der Waals surface area contributed by atoms with Crippen LogP contribution in [-0.2, 0) is 26.3 Å². The van der Waals surface area contributed by atoms with E-state index in [9.17, 15) is 18.0 Å². The molecule has 0 unspecified atom stereocenters. The predicted molar refractivity (Wildman–Crippen MR) is 74.9 cm³/mol. The van der Waals surface area contributed by atoms with Gasteiger partial charge in [0, 0.05) is 12.2 Å². The maximum atomic E-state index is 12.0. The number of hydrogen-bond donors (Lipinski definition) is 3. The molecule has 0 bridgehead atoms. The molecule has 0 aliphatic carbocycles. The Kier molecular flexibility index (Phi) is 5.50. The van der Waals surface area contributed by atoms with Crippen LogP contribution in [0.1, 0.15) is 5.56 Å². The number of rotatable bonds is 6. The number of carbonyl (C=O) groups excluding carboxylic acids is 2. The maximum absolute atomic E-state index is 12.0. The number of nitrogen functional groups attached to an aromatic ring is 1. The van der Waals surface area contributed by atoms with Crippen molar-refractivity contribution < 1.29 is 22.7 Å². The molecule has 0 saturated carbocycles. The van der Waals surface area contributed by atoms with Gasteiger partial charge in [-0.3, -0.25) is 4.79 Å². The standard InChI is InChI=1S/C11H16N4O5S/c1-20-11(17)14-21(18,19)15(7-10(13)16)6-8-4-2-3-5-9(8)12/h2-5H,6-7,12H2,1H3,(H2,13,16)(H,14,17). The molecule has 1 rings (SSSR count). The number of anilines is 1. The molecule has 0 heterocycles. The summed E-state index contributed by atoms with van der Waals surface area (Å²) in [7, 11) is -3.28. The first-order valence-electron chi connectivity index (χ1n) is 5.73. The summed E-state index contributed by atoms with van der Waals surface area (Å²) in [5, 5.41) is 0. The van der Waals surface area contributed by atoms with Crippen molar-refractivity contribution >= 4 is 27.9 Å². The Labute approximate surface area is 122 Å². The number of primary amides is 1. The molecule has 21 heavy (non-hydrogen) atoms. The van der Waals surface area contributed by atoms with Gasteiger partial charge >= 0.3 is 16.3 Å². The van der Waals surface area contributed by atoms with Crippen LogP contribution in [-0.4, -0.2) is 38.4 Å². The summed E-state index contributed by atoms with van der Waals surface area (Å²) < 4.78 is 30.6. The number of methoxy groups -OCH3 is 1. The molecule has 1 aromatic rings. The molecule has 2 amide bonds. The smallest absolute Gasteiger partial charge is 0.421 e. The third-order valence-electron chi connectivity index (χ3n) is 2.47. The molecule has 1 aromatic carbocycles. The minimum absolute atomic E-state index is 0.220. The van der Waals surface area contributed by atoms with Crippen molar-refractivity contribution in [2.45, 2.75) is 6.54 Å². The van der Waals surface area contributed by atoms with Crippen molar-refractivity contribution in [3.8, 4) is 0 Å². The minimum Gasteiger partial charge on any atom is -0.452 e. The number of ether oxygens (including phenoxy) is 1. The van der Waals surface area contributed by atoms with Gasteiger partial charge in [-0.25, -0.2) is 9.52 Å². The number of carbonyl (C=O) groups is 2. The van der Waals surface area contributed by atoms with E-state index in [4.69, 9.17) is 11.5 Å². The van der Waals surface area contributed by atoms with Crippen molar-refractivity contribution in [2.24, 2.45) is 5.73 Å². The van der Waals surface area contributed by atoms with Gasteiger partial charge in [-0.2, -0.15) is 12.7 Å². The van der Waals surface area contributed by atoms with Gasteiger partial charge in [-0.05, 0) is 11.6 Å². The van der Waals surface area contributed by atoms with Gasteiger partial charge in [-0.1, -0.05) is 18.2 Å². The van der Waals surface area contributed by atoms with E-state index < -0.39 is 28.8 Å². The van der Waals surface area contributed by atoms with Crippen LogP contribution in [0.15, 0.2) is 24.3 Å². The fourth-order valence-corrected chi connectivity index (χ4v) is 2.51. The molecule has 0 spiro atoms. The van der Waals surface area contributed by atoms with Gasteiger partial charge in [0.05, 0.1) is 13.7 Å². The van der Waals surface area contributed by atoms with Crippen molar-refractivity contribution in [2.75, 3.05) is 19.4 Å². The molecule has 0 fully saturated rings. The molecule has 0 aliphatic heterocycles. The highest BCUT2D eigenvalue weighted by atomic mass is 32.2. The first-order valence-corrected chi connectivity index (χ1v) is 7.17. The predicted octanol–water partition coefficient (Wildman–Crippen LogP) is -0.843. The number of nitrogens with two attached hydrogens (primary N) is 2. The van der Waals surface area contributed by atoms with Crippen molar-refractivity contribution in [1.29, 1.82) is 0 Å². The van der Waals surface area contributed by atoms with Crippen LogP contribution in [0.2, 0.25) is 0 Å². The van der Waals surface area contributed by atoms with Crippen LogP contribution >= 0.6 is 0 Å². The van der Waals surface area contributed by atoms with E-state index in [1.165, 1.54) is 0 Å². The van der Waals surface area contributed by atoms with Crippen LogP contribution in [0.3, 0.4) is 0 Å². The Morgan fingerprint density at radius 2 is 1.95 bits per heavy atom. The molecule has 0 aromatic heterocycles. The number of nitrogens with zero attached hydrogens (tertiary/aromatic N) is 1. The Bertz CT molecular complexity index is 631. The molecule has 0 radical (unpaired) electrons. The number of para-hydroxylation sites is 1. The topological polar surface area (TPSA) is 145 Å². The Morgan fingerprint density at radius 3 is 2.48 bits per heavy atom. The fraction of sp³-hybridized carbons (Fsp3) is 0.273. The van der Waals surface area contributed by atoms with E-state index in [0.717, 1.165) is 7.11 Å². The Morgan fingerprint density at radius 1 is 1.33 bits per heavy atom. The lowest BCUT2D eigenvalue weighted by molar-refractivity contribution is -0.118. The van der Waals surface area contributed by atoms with E-state index in [-0.39, 0.29) is 6.54 Å². The first kappa shape index (κ1) is 16.7. The summed E-state index contributed by atoms with van der Waals surface area (Å²) in [6.07, 6.45) is -1.18. The lowest BCUT2D eigenvalue weighted by Crippen LogP contribution is -2.46. The maximum Gasteiger partial charge on any atom is 0.421 e. The van der Waals surface area contributed by atoms with Gasteiger partial charge in [-0.15, -0.1) is 0 Å². The van der Waals surface area contributed by atoms with E-state index in [1.807, 2.05) is 0 Å². The third kappa shape index (κ3) is 4.93. The summed E-state index contributed by atoms with van der Waals surface area (Å²) in [5.74, 6) is -0.875. The minimum atomic E-state index is -4.29. The highest BCUT2D eigenvalue weighted by Crippen LogP contribution is 2.15. The van der Waals surface area contributed by atoms with Crippen LogP contribution in [0.4, 0.5) is 10.5 Å². The summed E-state index contributed by atoms with van der Waals surface area (Å²) in [4.78, 5) is 22.1. The summed E-state index contributed by atoms with van der Waals surface area (Å²) in [6.45, 7) is -0.831. The zero-order valence-electron chi connectivity index (χ0n) is 11.3. The normalized spacial score (nSPS) is 11.1. The van der Waals surface area contributed by atoms with E-state index in [0.29, 0.717) is 15.6 Å². The molecule has 9 nitrogen and oxygen atoms in total. The number of hydrogen-bond acceptors (Lipinski definition) is 6. The van der Waals surface area contributed by atoms with Crippen molar-refractivity contribution in [1.82, 2.24) is 9.03 Å².